The van der Waals surface area contributed by atoms with Crippen molar-refractivity contribution in [3.63, 3.8) is 0 Å². The summed E-state index contributed by atoms with van der Waals surface area (Å²) in [6.07, 6.45) is 3.46. The molecule has 84 valence electrons. The van der Waals surface area contributed by atoms with E-state index in [0.717, 1.165) is 26.9 Å². The van der Waals surface area contributed by atoms with Gasteiger partial charge in [0, 0.05) is 16.1 Å². The Labute approximate surface area is 107 Å². The van der Waals surface area contributed by atoms with Crippen LogP contribution in [0.15, 0.2) is 57.7 Å². The van der Waals surface area contributed by atoms with E-state index in [0.29, 0.717) is 0 Å². The summed E-state index contributed by atoms with van der Waals surface area (Å²) < 4.78 is 6.40. The highest BCUT2D eigenvalue weighted by atomic mass is 79.9. The van der Waals surface area contributed by atoms with Crippen molar-refractivity contribution in [1.82, 2.24) is 4.98 Å². The van der Waals surface area contributed by atoms with Crippen molar-refractivity contribution >= 4 is 38.4 Å². The molecule has 0 fully saturated rings. The highest BCUT2D eigenvalue weighted by Crippen LogP contribution is 2.27. The van der Waals surface area contributed by atoms with Crippen LogP contribution in [-0.4, -0.2) is 4.98 Å². The third-order valence-electron chi connectivity index (χ3n) is 2.47. The van der Waals surface area contributed by atoms with Gasteiger partial charge in [-0.2, -0.15) is 0 Å². The number of aromatic nitrogens is 1. The number of pyridine rings is 1. The summed E-state index contributed by atoms with van der Waals surface area (Å²) in [4.78, 5) is 4.26. The van der Waals surface area contributed by atoms with Crippen LogP contribution in [0.25, 0.3) is 11.0 Å². The minimum Gasteiger partial charge on any atom is -0.462 e. The third kappa shape index (κ3) is 2.03. The van der Waals surface area contributed by atoms with Crippen LogP contribution in [-0.2, 0) is 0 Å². The Kier molecular flexibility index (Phi) is 2.57. The predicted octanol–water partition coefficient (Wildman–Crippen LogP) is 4.33. The lowest BCUT2D eigenvalue weighted by atomic mass is 10.2. The van der Waals surface area contributed by atoms with Crippen LogP contribution in [0, 0.1) is 0 Å². The zero-order valence-electron chi connectivity index (χ0n) is 8.85. The SMILES string of the molecule is Brc1ccc(Nc2coc3ccccc23)nc1. The Hall–Kier alpha value is -1.81. The minimum absolute atomic E-state index is 0.791. The summed E-state index contributed by atoms with van der Waals surface area (Å²) in [7, 11) is 0. The number of fused-ring (bicyclic) bond motifs is 1. The van der Waals surface area contributed by atoms with E-state index >= 15 is 0 Å². The largest absolute Gasteiger partial charge is 0.462 e. The van der Waals surface area contributed by atoms with Gasteiger partial charge in [0.05, 0.1) is 5.69 Å². The molecule has 0 aliphatic heterocycles. The van der Waals surface area contributed by atoms with E-state index in [-0.39, 0.29) is 0 Å². The molecule has 2 heterocycles. The fraction of sp³-hybridized carbons (Fsp3) is 0. The molecule has 3 rings (SSSR count). The average Bonchev–Trinajstić information content (AvgIpc) is 2.76. The first-order chi connectivity index (χ1) is 8.33. The van der Waals surface area contributed by atoms with Crippen LogP contribution < -0.4 is 5.32 Å². The molecule has 0 aliphatic rings. The Morgan fingerprint density at radius 1 is 1.12 bits per heavy atom. The number of hydrogen-bond acceptors (Lipinski definition) is 3. The summed E-state index contributed by atoms with van der Waals surface area (Å²) in [5.41, 5.74) is 1.79. The molecule has 1 N–H and O–H groups in total. The Bertz CT molecular complexity index is 646. The Balaban J connectivity index is 1.97. The second-order valence-corrected chi connectivity index (χ2v) is 4.55. The maximum atomic E-state index is 5.45. The fourth-order valence-corrected chi connectivity index (χ4v) is 1.90. The van der Waals surface area contributed by atoms with Gasteiger partial charge in [-0.3, -0.25) is 0 Å². The van der Waals surface area contributed by atoms with E-state index in [9.17, 15) is 0 Å². The average molecular weight is 289 g/mol. The minimum atomic E-state index is 0.791. The summed E-state index contributed by atoms with van der Waals surface area (Å²) >= 11 is 3.35. The van der Waals surface area contributed by atoms with Crippen molar-refractivity contribution in [1.29, 1.82) is 0 Å². The molecule has 1 aromatic carbocycles. The maximum Gasteiger partial charge on any atom is 0.136 e. The summed E-state index contributed by atoms with van der Waals surface area (Å²) in [5.74, 6) is 0.791. The van der Waals surface area contributed by atoms with Gasteiger partial charge in [-0.05, 0) is 40.2 Å². The molecule has 0 atom stereocenters. The highest BCUT2D eigenvalue weighted by Gasteiger charge is 2.05. The van der Waals surface area contributed by atoms with Gasteiger partial charge in [0.2, 0.25) is 0 Å². The van der Waals surface area contributed by atoms with Crippen molar-refractivity contribution in [3.8, 4) is 0 Å². The van der Waals surface area contributed by atoms with Gasteiger partial charge in [-0.15, -0.1) is 0 Å². The smallest absolute Gasteiger partial charge is 0.136 e. The van der Waals surface area contributed by atoms with Gasteiger partial charge in [0.15, 0.2) is 0 Å². The Morgan fingerprint density at radius 3 is 2.82 bits per heavy atom. The number of nitrogens with one attached hydrogen (secondary N) is 1. The van der Waals surface area contributed by atoms with Crippen LogP contribution in [0.4, 0.5) is 11.5 Å². The lowest BCUT2D eigenvalue weighted by Crippen LogP contribution is -1.91. The molecule has 0 radical (unpaired) electrons. The zero-order valence-corrected chi connectivity index (χ0v) is 10.4. The second-order valence-electron chi connectivity index (χ2n) is 3.63. The molecular weight excluding hydrogens is 280 g/mol. The first-order valence-electron chi connectivity index (χ1n) is 5.18. The van der Waals surface area contributed by atoms with E-state index in [1.165, 1.54) is 0 Å². The number of rotatable bonds is 2. The van der Waals surface area contributed by atoms with Crippen molar-refractivity contribution in [2.75, 3.05) is 5.32 Å². The quantitative estimate of drug-likeness (QED) is 0.763. The van der Waals surface area contributed by atoms with E-state index in [2.05, 4.69) is 26.2 Å². The predicted molar refractivity (Wildman–Crippen MR) is 71.4 cm³/mol. The maximum absolute atomic E-state index is 5.45. The number of para-hydroxylation sites is 1. The summed E-state index contributed by atoms with van der Waals surface area (Å²) in [5, 5.41) is 4.28. The lowest BCUT2D eigenvalue weighted by Gasteiger charge is -2.02. The molecule has 0 amide bonds. The van der Waals surface area contributed by atoms with Gasteiger partial charge in [0.1, 0.15) is 17.7 Å². The monoisotopic (exact) mass is 288 g/mol. The van der Waals surface area contributed by atoms with Crippen molar-refractivity contribution in [2.24, 2.45) is 0 Å². The number of furan rings is 1. The van der Waals surface area contributed by atoms with Gasteiger partial charge >= 0.3 is 0 Å². The second kappa shape index (κ2) is 4.22. The van der Waals surface area contributed by atoms with E-state index in [1.54, 1.807) is 12.5 Å². The number of nitrogens with zero attached hydrogens (tertiary/aromatic N) is 1. The molecule has 0 bridgehead atoms. The van der Waals surface area contributed by atoms with Crippen LogP contribution in [0.3, 0.4) is 0 Å². The number of halogens is 1. The first kappa shape index (κ1) is 10.4. The third-order valence-corrected chi connectivity index (χ3v) is 2.94. The molecule has 4 heteroatoms. The number of benzene rings is 1. The molecule has 2 aromatic heterocycles. The van der Waals surface area contributed by atoms with Crippen molar-refractivity contribution in [3.05, 3.63) is 53.3 Å². The van der Waals surface area contributed by atoms with Gasteiger partial charge in [0.25, 0.3) is 0 Å². The van der Waals surface area contributed by atoms with Gasteiger partial charge in [-0.25, -0.2) is 4.98 Å². The molecule has 0 aliphatic carbocycles. The molecule has 0 saturated heterocycles. The molecule has 17 heavy (non-hydrogen) atoms. The molecule has 0 saturated carbocycles. The zero-order chi connectivity index (χ0) is 11.7. The van der Waals surface area contributed by atoms with Gasteiger partial charge < -0.3 is 9.73 Å². The normalized spacial score (nSPS) is 10.6. The summed E-state index contributed by atoms with van der Waals surface area (Å²) in [6, 6.07) is 11.7. The molecule has 0 spiro atoms. The van der Waals surface area contributed by atoms with E-state index in [1.807, 2.05) is 36.4 Å². The van der Waals surface area contributed by atoms with Crippen molar-refractivity contribution < 1.29 is 4.42 Å². The topological polar surface area (TPSA) is 38.1 Å². The van der Waals surface area contributed by atoms with Crippen LogP contribution in [0.2, 0.25) is 0 Å². The van der Waals surface area contributed by atoms with Gasteiger partial charge in [-0.1, -0.05) is 12.1 Å². The first-order valence-corrected chi connectivity index (χ1v) is 5.97. The Morgan fingerprint density at radius 2 is 2.00 bits per heavy atom. The highest BCUT2D eigenvalue weighted by molar-refractivity contribution is 9.10. The van der Waals surface area contributed by atoms with E-state index < -0.39 is 0 Å². The molecule has 3 nitrogen and oxygen atoms in total. The van der Waals surface area contributed by atoms with Crippen molar-refractivity contribution in [2.45, 2.75) is 0 Å². The number of hydrogen-bond donors (Lipinski definition) is 1. The van der Waals surface area contributed by atoms with Crippen LogP contribution in [0.5, 0.6) is 0 Å². The fourth-order valence-electron chi connectivity index (χ4n) is 1.66. The van der Waals surface area contributed by atoms with Crippen LogP contribution in [0.1, 0.15) is 0 Å². The molecule has 3 aromatic rings. The molecular formula is C13H9BrN2O. The number of anilines is 2. The lowest BCUT2D eigenvalue weighted by molar-refractivity contribution is 0.617. The molecule has 0 unspecified atom stereocenters. The van der Waals surface area contributed by atoms with Crippen LogP contribution >= 0.6 is 15.9 Å². The standard InChI is InChI=1S/C13H9BrN2O/c14-9-5-6-13(15-7-9)16-11-8-17-12-4-2-1-3-10(11)12/h1-8H,(H,15,16). The van der Waals surface area contributed by atoms with E-state index in [4.69, 9.17) is 4.42 Å². The summed E-state index contributed by atoms with van der Waals surface area (Å²) in [6.45, 7) is 0.